The molecule has 2 N–H and O–H groups in total. The number of fused-ring (bicyclic) bond motifs is 1. The topological polar surface area (TPSA) is 53.6 Å². The van der Waals surface area contributed by atoms with Gasteiger partial charge < -0.3 is 5.32 Å². The number of aromatic amines is 1. The summed E-state index contributed by atoms with van der Waals surface area (Å²) < 4.78 is 1.20. The van der Waals surface area contributed by atoms with Gasteiger partial charge in [0.25, 0.3) is 0 Å². The summed E-state index contributed by atoms with van der Waals surface area (Å²) >= 11 is 1.71. The number of rotatable bonds is 3. The van der Waals surface area contributed by atoms with Crippen molar-refractivity contribution in [2.45, 2.75) is 32.9 Å². The van der Waals surface area contributed by atoms with E-state index in [0.717, 1.165) is 28.9 Å². The predicted molar refractivity (Wildman–Crippen MR) is 83.8 cm³/mol. The monoisotopic (exact) mass is 286 g/mol. The Hall–Kier alpha value is -1.72. The van der Waals surface area contributed by atoms with Crippen molar-refractivity contribution < 1.29 is 0 Å². The number of thiophene rings is 1. The molecule has 20 heavy (non-hydrogen) atoms. The normalized spacial score (nSPS) is 12.2. The van der Waals surface area contributed by atoms with Gasteiger partial charge in [0.1, 0.15) is 0 Å². The molecule has 3 aromatic heterocycles. The average molecular weight is 286 g/mol. The van der Waals surface area contributed by atoms with Crippen LogP contribution < -0.4 is 5.32 Å². The van der Waals surface area contributed by atoms with Crippen LogP contribution in [0.2, 0.25) is 0 Å². The minimum absolute atomic E-state index is 0.0878. The number of hydrogen-bond acceptors (Lipinski definition) is 4. The number of hydrogen-bond donors (Lipinski definition) is 2. The van der Waals surface area contributed by atoms with Crippen LogP contribution in [0, 0.1) is 0 Å². The molecule has 0 atom stereocenters. The zero-order valence-electron chi connectivity index (χ0n) is 11.9. The molecule has 3 heterocycles. The van der Waals surface area contributed by atoms with Crippen LogP contribution in [0.3, 0.4) is 0 Å². The molecule has 4 nitrogen and oxygen atoms in total. The van der Waals surface area contributed by atoms with E-state index in [1.54, 1.807) is 11.3 Å². The average Bonchev–Trinajstić information content (AvgIpc) is 3.03. The molecule has 3 aromatic rings. The molecule has 0 aliphatic heterocycles. The molecule has 0 amide bonds. The van der Waals surface area contributed by atoms with E-state index in [2.05, 4.69) is 52.7 Å². The van der Waals surface area contributed by atoms with Crippen molar-refractivity contribution in [2.75, 3.05) is 0 Å². The van der Waals surface area contributed by atoms with Crippen LogP contribution >= 0.6 is 11.3 Å². The summed E-state index contributed by atoms with van der Waals surface area (Å²) in [4.78, 5) is 4.49. The minimum atomic E-state index is 0.0878. The molecule has 0 radical (unpaired) electrons. The molecule has 0 bridgehead atoms. The van der Waals surface area contributed by atoms with Crippen molar-refractivity contribution in [1.82, 2.24) is 20.5 Å². The van der Waals surface area contributed by atoms with Crippen molar-refractivity contribution in [3.05, 3.63) is 35.5 Å². The van der Waals surface area contributed by atoms with Gasteiger partial charge in [-0.25, -0.2) is 0 Å². The first-order valence-corrected chi connectivity index (χ1v) is 7.52. The maximum absolute atomic E-state index is 4.49. The first-order valence-electron chi connectivity index (χ1n) is 6.64. The summed E-state index contributed by atoms with van der Waals surface area (Å²) in [5.74, 6) is 0. The molecule has 0 aliphatic rings. The van der Waals surface area contributed by atoms with Crippen LogP contribution in [0.4, 0.5) is 0 Å². The summed E-state index contributed by atoms with van der Waals surface area (Å²) in [5.41, 5.74) is 4.43. The van der Waals surface area contributed by atoms with Gasteiger partial charge >= 0.3 is 0 Å². The summed E-state index contributed by atoms with van der Waals surface area (Å²) in [7, 11) is 0. The first kappa shape index (κ1) is 13.3. The van der Waals surface area contributed by atoms with Gasteiger partial charge in [-0.2, -0.15) is 5.10 Å². The summed E-state index contributed by atoms with van der Waals surface area (Å²) in [6, 6.07) is 4.21. The van der Waals surface area contributed by atoms with E-state index < -0.39 is 0 Å². The molecule has 104 valence electrons. The molecule has 0 saturated heterocycles. The van der Waals surface area contributed by atoms with Gasteiger partial charge in [0.2, 0.25) is 0 Å². The number of nitrogens with one attached hydrogen (secondary N) is 2. The quantitative estimate of drug-likeness (QED) is 0.774. The van der Waals surface area contributed by atoms with Gasteiger partial charge in [-0.05, 0) is 38.3 Å². The lowest BCUT2D eigenvalue weighted by Crippen LogP contribution is -2.35. The number of pyridine rings is 1. The molecular weight excluding hydrogens is 268 g/mol. The molecule has 0 fully saturated rings. The van der Waals surface area contributed by atoms with Gasteiger partial charge in [0, 0.05) is 29.4 Å². The lowest BCUT2D eigenvalue weighted by atomic mass is 10.1. The zero-order valence-corrected chi connectivity index (χ0v) is 12.7. The van der Waals surface area contributed by atoms with Crippen LogP contribution in [0.15, 0.2) is 29.9 Å². The Bertz CT molecular complexity index is 721. The van der Waals surface area contributed by atoms with Crippen LogP contribution in [-0.2, 0) is 6.54 Å². The van der Waals surface area contributed by atoms with Gasteiger partial charge in [-0.1, -0.05) is 0 Å². The van der Waals surface area contributed by atoms with Crippen molar-refractivity contribution in [1.29, 1.82) is 0 Å². The van der Waals surface area contributed by atoms with Crippen molar-refractivity contribution in [3.63, 3.8) is 0 Å². The van der Waals surface area contributed by atoms with Crippen LogP contribution in [0.5, 0.6) is 0 Å². The van der Waals surface area contributed by atoms with Crippen molar-refractivity contribution in [3.8, 4) is 11.3 Å². The van der Waals surface area contributed by atoms with E-state index in [1.807, 2.05) is 18.5 Å². The van der Waals surface area contributed by atoms with E-state index in [9.17, 15) is 0 Å². The smallest absolute Gasteiger partial charge is 0.0810 e. The highest BCUT2D eigenvalue weighted by Crippen LogP contribution is 2.26. The third-order valence-electron chi connectivity index (χ3n) is 3.12. The Morgan fingerprint density at radius 2 is 2.15 bits per heavy atom. The van der Waals surface area contributed by atoms with Gasteiger partial charge in [0.15, 0.2) is 0 Å². The van der Waals surface area contributed by atoms with Gasteiger partial charge in [0.05, 0.1) is 22.1 Å². The Morgan fingerprint density at radius 3 is 2.95 bits per heavy atom. The highest BCUT2D eigenvalue weighted by Gasteiger charge is 2.13. The van der Waals surface area contributed by atoms with Gasteiger partial charge in [-0.15, -0.1) is 11.3 Å². The van der Waals surface area contributed by atoms with E-state index in [-0.39, 0.29) is 5.54 Å². The molecule has 0 saturated carbocycles. The minimum Gasteiger partial charge on any atom is -0.308 e. The summed E-state index contributed by atoms with van der Waals surface area (Å²) in [5, 5.41) is 12.8. The van der Waals surface area contributed by atoms with Crippen molar-refractivity contribution >= 4 is 21.6 Å². The van der Waals surface area contributed by atoms with Crippen molar-refractivity contribution in [2.24, 2.45) is 0 Å². The summed E-state index contributed by atoms with van der Waals surface area (Å²) in [6.07, 6.45) is 3.79. The Kier molecular flexibility index (Phi) is 3.31. The highest BCUT2D eigenvalue weighted by molar-refractivity contribution is 7.17. The van der Waals surface area contributed by atoms with Crippen LogP contribution in [0.25, 0.3) is 21.5 Å². The molecule has 0 spiro atoms. The molecule has 5 heteroatoms. The van der Waals surface area contributed by atoms with E-state index >= 15 is 0 Å². The fourth-order valence-corrected chi connectivity index (χ4v) is 2.82. The maximum Gasteiger partial charge on any atom is 0.0810 e. The second-order valence-electron chi connectivity index (χ2n) is 5.90. The number of aromatic nitrogens is 3. The fourth-order valence-electron chi connectivity index (χ4n) is 2.04. The predicted octanol–water partition coefficient (Wildman–Crippen LogP) is 3.57. The van der Waals surface area contributed by atoms with E-state index in [0.29, 0.717) is 0 Å². The molecular formula is C15H18N4S. The Morgan fingerprint density at radius 1 is 1.30 bits per heavy atom. The molecule has 0 aromatic carbocycles. The third kappa shape index (κ3) is 2.73. The fraction of sp³-hybridized carbons (Fsp3) is 0.333. The standard InChI is InChI=1S/C15H18N4S/c1-15(2,3)17-8-11-9-18-19-14(11)10-6-13-12(16-7-10)4-5-20-13/h4-7,9,17H,8H2,1-3H3,(H,18,19). The van der Waals surface area contributed by atoms with E-state index in [4.69, 9.17) is 0 Å². The largest absolute Gasteiger partial charge is 0.308 e. The first-order chi connectivity index (χ1) is 9.53. The second kappa shape index (κ2) is 5.00. The third-order valence-corrected chi connectivity index (χ3v) is 3.97. The number of nitrogens with zero attached hydrogens (tertiary/aromatic N) is 2. The van der Waals surface area contributed by atoms with E-state index in [1.165, 1.54) is 4.70 Å². The Labute approximate surface area is 122 Å². The lowest BCUT2D eigenvalue weighted by Gasteiger charge is -2.20. The lowest BCUT2D eigenvalue weighted by molar-refractivity contribution is 0.424. The maximum atomic E-state index is 4.49. The second-order valence-corrected chi connectivity index (χ2v) is 6.85. The molecule has 0 unspecified atom stereocenters. The van der Waals surface area contributed by atoms with Gasteiger partial charge in [-0.3, -0.25) is 10.1 Å². The molecule has 0 aliphatic carbocycles. The number of H-pyrrole nitrogens is 1. The van der Waals surface area contributed by atoms with Crippen LogP contribution in [-0.4, -0.2) is 20.7 Å². The summed E-state index contributed by atoms with van der Waals surface area (Å²) in [6.45, 7) is 7.27. The van der Waals surface area contributed by atoms with Crippen LogP contribution in [0.1, 0.15) is 26.3 Å². The SMILES string of the molecule is CC(C)(C)NCc1cn[nH]c1-c1cnc2ccsc2c1. The molecule has 3 rings (SSSR count). The zero-order chi connectivity index (χ0) is 14.2. The Balaban J connectivity index is 1.92. The highest BCUT2D eigenvalue weighted by atomic mass is 32.1.